The molecule has 21 heavy (non-hydrogen) atoms. The van der Waals surface area contributed by atoms with Crippen LogP contribution in [0.4, 0.5) is 0 Å². The van der Waals surface area contributed by atoms with Crippen LogP contribution in [0.5, 0.6) is 0 Å². The van der Waals surface area contributed by atoms with Crippen molar-refractivity contribution in [1.29, 1.82) is 0 Å². The van der Waals surface area contributed by atoms with Crippen molar-refractivity contribution in [3.05, 3.63) is 0 Å². The van der Waals surface area contributed by atoms with Gasteiger partial charge in [-0.05, 0) is 37.2 Å². The van der Waals surface area contributed by atoms with Gasteiger partial charge in [0.2, 0.25) is 0 Å². The Morgan fingerprint density at radius 3 is 1.48 bits per heavy atom. The number of thioether (sulfide) groups is 3. The molecule has 2 rings (SSSR count). The topological polar surface area (TPSA) is 0 Å². The van der Waals surface area contributed by atoms with E-state index in [4.69, 9.17) is 50.5 Å². The smallest absolute Gasteiger partial charge is 0.0149 e. The van der Waals surface area contributed by atoms with E-state index < -0.39 is 0 Å². The van der Waals surface area contributed by atoms with Gasteiger partial charge in [-0.25, -0.2) is 0 Å². The Morgan fingerprint density at radius 2 is 1.14 bits per heavy atom. The lowest BCUT2D eigenvalue weighted by Crippen LogP contribution is -2.19. The Morgan fingerprint density at radius 1 is 0.762 bits per heavy atom. The van der Waals surface area contributed by atoms with Crippen molar-refractivity contribution in [2.24, 2.45) is 0 Å². The number of hydrogen-bond donors (Lipinski definition) is 4. The van der Waals surface area contributed by atoms with Crippen molar-refractivity contribution in [3.8, 4) is 0 Å². The normalized spacial score (nSPS) is 29.7. The summed E-state index contributed by atoms with van der Waals surface area (Å²) < 4.78 is 0. The highest BCUT2D eigenvalue weighted by molar-refractivity contribution is 8.07. The maximum absolute atomic E-state index is 4.72. The van der Waals surface area contributed by atoms with Gasteiger partial charge in [0.1, 0.15) is 0 Å². The van der Waals surface area contributed by atoms with E-state index in [0.29, 0.717) is 21.0 Å². The maximum atomic E-state index is 4.72. The lowest BCUT2D eigenvalue weighted by atomic mass is 10.1. The first-order valence-corrected chi connectivity index (χ1v) is 12.9. The zero-order valence-corrected chi connectivity index (χ0v) is 18.2. The first-order valence-electron chi connectivity index (χ1n) is 7.59. The van der Waals surface area contributed by atoms with Crippen molar-refractivity contribution < 1.29 is 0 Å². The van der Waals surface area contributed by atoms with Gasteiger partial charge in [-0.1, -0.05) is 0 Å². The monoisotopic (exact) mass is 418 g/mol. The summed E-state index contributed by atoms with van der Waals surface area (Å²) in [7, 11) is 0. The van der Waals surface area contributed by atoms with Crippen LogP contribution in [0, 0.1) is 0 Å². The molecule has 0 nitrogen and oxygen atoms in total. The summed E-state index contributed by atoms with van der Waals surface area (Å²) in [5, 5.41) is 3.55. The van der Waals surface area contributed by atoms with E-state index in [-0.39, 0.29) is 0 Å². The third-order valence-corrected chi connectivity index (χ3v) is 9.71. The summed E-state index contributed by atoms with van der Waals surface area (Å²) in [6.07, 6.45) is 4.79. The Bertz CT molecular complexity index is 265. The van der Waals surface area contributed by atoms with E-state index in [9.17, 15) is 0 Å². The van der Waals surface area contributed by atoms with E-state index in [2.05, 4.69) is 23.5 Å². The fraction of sp³-hybridized carbons (Fsp3) is 1.00. The van der Waals surface area contributed by atoms with E-state index in [0.717, 1.165) is 10.5 Å². The molecule has 0 aromatic heterocycles. The summed E-state index contributed by atoms with van der Waals surface area (Å²) >= 11 is 25.0. The first kappa shape index (κ1) is 19.8. The Balaban J connectivity index is 1.44. The molecule has 0 saturated carbocycles. The molecule has 0 N–H and O–H groups in total. The highest BCUT2D eigenvalue weighted by Crippen LogP contribution is 2.37. The molecular weight excluding hydrogens is 393 g/mol. The van der Waals surface area contributed by atoms with Crippen LogP contribution >= 0.6 is 85.8 Å². The molecule has 0 bridgehead atoms. The predicted molar refractivity (Wildman–Crippen MR) is 119 cm³/mol. The SMILES string of the molecule is SC(CCSCCC(S)C(S)CC1CS1)C(S)CC1CS1. The minimum atomic E-state index is 0.443. The van der Waals surface area contributed by atoms with E-state index >= 15 is 0 Å². The molecular formula is C14H26S7. The third kappa shape index (κ3) is 8.92. The average molecular weight is 419 g/mol. The van der Waals surface area contributed by atoms with Crippen LogP contribution in [-0.2, 0) is 0 Å². The summed E-state index contributed by atoms with van der Waals surface area (Å²) in [6.45, 7) is 0. The molecule has 2 fully saturated rings. The fourth-order valence-electron chi connectivity index (χ4n) is 2.16. The van der Waals surface area contributed by atoms with Gasteiger partial charge in [0.05, 0.1) is 0 Å². The van der Waals surface area contributed by atoms with Crippen molar-refractivity contribution in [2.75, 3.05) is 23.0 Å². The predicted octanol–water partition coefficient (Wildman–Crippen LogP) is 4.70. The minimum absolute atomic E-state index is 0.443. The molecule has 0 radical (unpaired) electrons. The summed E-state index contributed by atoms with van der Waals surface area (Å²) in [5.74, 6) is 5.05. The highest BCUT2D eigenvalue weighted by atomic mass is 32.2. The number of hydrogen-bond acceptors (Lipinski definition) is 7. The lowest BCUT2D eigenvalue weighted by molar-refractivity contribution is 0.721. The van der Waals surface area contributed by atoms with E-state index in [1.165, 1.54) is 48.7 Å². The van der Waals surface area contributed by atoms with E-state index in [1.54, 1.807) is 0 Å². The molecule has 2 saturated heterocycles. The van der Waals surface area contributed by atoms with Gasteiger partial charge < -0.3 is 0 Å². The van der Waals surface area contributed by atoms with Gasteiger partial charge in [0.15, 0.2) is 0 Å². The van der Waals surface area contributed by atoms with Crippen LogP contribution < -0.4 is 0 Å². The van der Waals surface area contributed by atoms with Crippen molar-refractivity contribution >= 4 is 85.8 Å². The van der Waals surface area contributed by atoms with Gasteiger partial charge in [-0.3, -0.25) is 0 Å². The molecule has 2 heterocycles. The Labute approximate surface area is 164 Å². The van der Waals surface area contributed by atoms with Crippen LogP contribution in [0.25, 0.3) is 0 Å². The molecule has 0 aromatic carbocycles. The summed E-state index contributed by atoms with van der Waals surface area (Å²) in [4.78, 5) is 0. The third-order valence-electron chi connectivity index (χ3n) is 3.82. The van der Waals surface area contributed by atoms with Crippen molar-refractivity contribution in [2.45, 2.75) is 57.2 Å². The lowest BCUT2D eigenvalue weighted by Gasteiger charge is -2.19. The molecule has 6 atom stereocenters. The second kappa shape index (κ2) is 10.4. The molecule has 0 spiro atoms. The molecule has 7 heteroatoms. The molecule has 0 aromatic rings. The van der Waals surface area contributed by atoms with Crippen LogP contribution in [0.15, 0.2) is 0 Å². The van der Waals surface area contributed by atoms with Crippen molar-refractivity contribution in [1.82, 2.24) is 0 Å². The van der Waals surface area contributed by atoms with Crippen LogP contribution in [0.3, 0.4) is 0 Å². The largest absolute Gasteiger partial charge is 0.175 e. The second-order valence-electron chi connectivity index (χ2n) is 5.84. The van der Waals surface area contributed by atoms with Crippen molar-refractivity contribution in [3.63, 3.8) is 0 Å². The summed E-state index contributed by atoms with van der Waals surface area (Å²) in [6, 6.07) is 0. The van der Waals surface area contributed by atoms with Gasteiger partial charge in [-0.15, -0.1) is 0 Å². The maximum Gasteiger partial charge on any atom is 0.0149 e. The Hall–Kier alpha value is 2.45. The first-order chi connectivity index (χ1) is 10.1. The number of rotatable bonds is 12. The van der Waals surface area contributed by atoms with Gasteiger partial charge in [0, 0.05) is 43.0 Å². The molecule has 2 aliphatic heterocycles. The van der Waals surface area contributed by atoms with E-state index in [1.807, 2.05) is 11.8 Å². The molecule has 0 amide bonds. The van der Waals surface area contributed by atoms with Gasteiger partial charge >= 0.3 is 0 Å². The highest BCUT2D eigenvalue weighted by Gasteiger charge is 2.28. The molecule has 2 aliphatic rings. The molecule has 124 valence electrons. The molecule has 0 aliphatic carbocycles. The number of thiol groups is 4. The zero-order chi connectivity index (χ0) is 15.2. The van der Waals surface area contributed by atoms with Crippen LogP contribution in [0.2, 0.25) is 0 Å². The van der Waals surface area contributed by atoms with Crippen LogP contribution in [-0.4, -0.2) is 54.5 Å². The van der Waals surface area contributed by atoms with Gasteiger partial charge in [-0.2, -0.15) is 85.8 Å². The fourth-order valence-corrected chi connectivity index (χ4v) is 6.38. The standard InChI is InChI=1S/C14H26S7/c15-11(13(17)5-9-7-20-9)1-3-19-4-2-12(16)14(18)6-10-8-21-10/h9-18H,1-8H2. The molecule has 6 unspecified atom stereocenters. The quantitative estimate of drug-likeness (QED) is 0.206. The second-order valence-corrected chi connectivity index (χ2v) is 12.4. The minimum Gasteiger partial charge on any atom is -0.175 e. The average Bonchev–Trinajstić information content (AvgIpc) is 3.33. The zero-order valence-electron chi connectivity index (χ0n) is 12.1. The van der Waals surface area contributed by atoms with Crippen LogP contribution in [0.1, 0.15) is 25.7 Å². The van der Waals surface area contributed by atoms with Gasteiger partial charge in [0.25, 0.3) is 0 Å². The Kier molecular flexibility index (Phi) is 9.83. The summed E-state index contributed by atoms with van der Waals surface area (Å²) in [5.41, 5.74) is 0.